The van der Waals surface area contributed by atoms with Gasteiger partial charge in [-0.3, -0.25) is 4.79 Å². The van der Waals surface area contributed by atoms with E-state index in [0.29, 0.717) is 25.0 Å². The maximum absolute atomic E-state index is 11.9. The molecule has 1 N–H and O–H groups in total. The quantitative estimate of drug-likeness (QED) is 0.823. The van der Waals surface area contributed by atoms with Gasteiger partial charge in [-0.05, 0) is 38.3 Å². The van der Waals surface area contributed by atoms with Gasteiger partial charge in [0.25, 0.3) is 0 Å². The van der Waals surface area contributed by atoms with E-state index in [1.54, 1.807) is 0 Å². The average molecular weight is 263 g/mol. The van der Waals surface area contributed by atoms with E-state index >= 15 is 0 Å². The lowest BCUT2D eigenvalue weighted by Crippen LogP contribution is -2.37. The Morgan fingerprint density at radius 1 is 1.47 bits per heavy atom. The van der Waals surface area contributed by atoms with Crippen LogP contribution in [0.15, 0.2) is 0 Å². The first-order valence-electron chi connectivity index (χ1n) is 6.31. The first-order valence-corrected chi connectivity index (χ1v) is 6.31. The van der Waals surface area contributed by atoms with Crippen molar-refractivity contribution in [1.29, 1.82) is 0 Å². The summed E-state index contributed by atoms with van der Waals surface area (Å²) in [5.41, 5.74) is 0. The molecule has 0 radical (unpaired) electrons. The summed E-state index contributed by atoms with van der Waals surface area (Å²) < 4.78 is 5.30. The molecular formula is C12H23ClN2O2. The molecule has 1 amide bonds. The highest BCUT2D eigenvalue weighted by atomic mass is 35.5. The molecule has 2 fully saturated rings. The topological polar surface area (TPSA) is 41.6 Å². The van der Waals surface area contributed by atoms with Gasteiger partial charge in [-0.25, -0.2) is 0 Å². The molecule has 2 saturated heterocycles. The predicted molar refractivity (Wildman–Crippen MR) is 69.5 cm³/mol. The van der Waals surface area contributed by atoms with Gasteiger partial charge in [0.05, 0.1) is 12.6 Å². The standard InChI is InChI=1S/C12H22N2O2.ClH/c1-14(11-5-7-16-9-11)12(15)3-2-10-4-6-13-8-10;/h10-11,13H,2-9H2,1H3;1H. The van der Waals surface area contributed by atoms with Crippen molar-refractivity contribution in [3.63, 3.8) is 0 Å². The minimum atomic E-state index is 0. The lowest BCUT2D eigenvalue weighted by Gasteiger charge is -2.23. The number of hydrogen-bond acceptors (Lipinski definition) is 3. The Bertz CT molecular complexity index is 239. The molecule has 2 aliphatic heterocycles. The Kier molecular flexibility index (Phi) is 6.23. The van der Waals surface area contributed by atoms with E-state index in [1.165, 1.54) is 6.42 Å². The van der Waals surface area contributed by atoms with Crippen molar-refractivity contribution in [2.75, 3.05) is 33.4 Å². The van der Waals surface area contributed by atoms with Crippen molar-refractivity contribution in [2.24, 2.45) is 5.92 Å². The second-order valence-corrected chi connectivity index (χ2v) is 4.92. The van der Waals surface area contributed by atoms with Crippen molar-refractivity contribution >= 4 is 18.3 Å². The fourth-order valence-corrected chi connectivity index (χ4v) is 2.50. The molecule has 4 nitrogen and oxygen atoms in total. The van der Waals surface area contributed by atoms with Gasteiger partial charge in [0.1, 0.15) is 0 Å². The van der Waals surface area contributed by atoms with Gasteiger partial charge in [-0.15, -0.1) is 12.4 Å². The molecule has 0 aromatic rings. The summed E-state index contributed by atoms with van der Waals surface area (Å²) in [4.78, 5) is 13.8. The Labute approximate surface area is 109 Å². The maximum atomic E-state index is 11.9. The van der Waals surface area contributed by atoms with Crippen LogP contribution in [0.2, 0.25) is 0 Å². The SMILES string of the molecule is CN(C(=O)CCC1CCNC1)C1CCOC1.Cl. The fraction of sp³-hybridized carbons (Fsp3) is 0.917. The largest absolute Gasteiger partial charge is 0.379 e. The van der Waals surface area contributed by atoms with Crippen molar-refractivity contribution < 1.29 is 9.53 Å². The molecule has 0 aromatic carbocycles. The van der Waals surface area contributed by atoms with E-state index < -0.39 is 0 Å². The minimum Gasteiger partial charge on any atom is -0.379 e. The van der Waals surface area contributed by atoms with Crippen LogP contribution in [0.25, 0.3) is 0 Å². The van der Waals surface area contributed by atoms with Gasteiger partial charge in [0.2, 0.25) is 5.91 Å². The molecular weight excluding hydrogens is 240 g/mol. The highest BCUT2D eigenvalue weighted by molar-refractivity contribution is 5.85. The molecule has 2 unspecified atom stereocenters. The second-order valence-electron chi connectivity index (χ2n) is 4.92. The molecule has 0 aromatic heterocycles. The van der Waals surface area contributed by atoms with E-state index in [9.17, 15) is 4.79 Å². The van der Waals surface area contributed by atoms with Gasteiger partial charge in [-0.1, -0.05) is 0 Å². The molecule has 17 heavy (non-hydrogen) atoms. The molecule has 2 heterocycles. The molecule has 100 valence electrons. The number of nitrogens with one attached hydrogen (secondary N) is 1. The number of likely N-dealkylation sites (N-methyl/N-ethyl adjacent to an activating group) is 1. The summed E-state index contributed by atoms with van der Waals surface area (Å²) in [6, 6.07) is 0.314. The van der Waals surface area contributed by atoms with Crippen LogP contribution < -0.4 is 5.32 Å². The van der Waals surface area contributed by atoms with Crippen LogP contribution in [0.1, 0.15) is 25.7 Å². The predicted octanol–water partition coefficient (Wildman–Crippen LogP) is 1.05. The van der Waals surface area contributed by atoms with Gasteiger partial charge in [0.15, 0.2) is 0 Å². The van der Waals surface area contributed by atoms with E-state index in [4.69, 9.17) is 4.74 Å². The van der Waals surface area contributed by atoms with E-state index in [1.807, 2.05) is 11.9 Å². The summed E-state index contributed by atoms with van der Waals surface area (Å²) in [5, 5.41) is 3.34. The van der Waals surface area contributed by atoms with Crippen LogP contribution in [0, 0.1) is 5.92 Å². The number of hydrogen-bond donors (Lipinski definition) is 1. The molecule has 0 spiro atoms. The van der Waals surface area contributed by atoms with Gasteiger partial charge in [-0.2, -0.15) is 0 Å². The summed E-state index contributed by atoms with van der Waals surface area (Å²) in [6.45, 7) is 3.72. The lowest BCUT2D eigenvalue weighted by molar-refractivity contribution is -0.132. The highest BCUT2D eigenvalue weighted by Gasteiger charge is 2.24. The van der Waals surface area contributed by atoms with Crippen LogP contribution in [0.5, 0.6) is 0 Å². The molecule has 0 bridgehead atoms. The van der Waals surface area contributed by atoms with Gasteiger partial charge >= 0.3 is 0 Å². The van der Waals surface area contributed by atoms with Gasteiger partial charge < -0.3 is 15.0 Å². The number of carbonyl (C=O) groups excluding carboxylic acids is 1. The van der Waals surface area contributed by atoms with Crippen LogP contribution in [0.4, 0.5) is 0 Å². The summed E-state index contributed by atoms with van der Waals surface area (Å²) >= 11 is 0. The minimum absolute atomic E-state index is 0. The van der Waals surface area contributed by atoms with Crippen LogP contribution in [-0.4, -0.2) is 50.2 Å². The Morgan fingerprint density at radius 3 is 2.88 bits per heavy atom. The smallest absolute Gasteiger partial charge is 0.222 e. The highest BCUT2D eigenvalue weighted by Crippen LogP contribution is 2.17. The van der Waals surface area contributed by atoms with Crippen molar-refractivity contribution in [3.8, 4) is 0 Å². The van der Waals surface area contributed by atoms with E-state index in [2.05, 4.69) is 5.32 Å². The number of carbonyl (C=O) groups is 1. The zero-order valence-corrected chi connectivity index (χ0v) is 11.3. The lowest BCUT2D eigenvalue weighted by atomic mass is 10.0. The Morgan fingerprint density at radius 2 is 2.29 bits per heavy atom. The normalized spacial score (nSPS) is 27.8. The summed E-state index contributed by atoms with van der Waals surface area (Å²) in [5.74, 6) is 0.986. The van der Waals surface area contributed by atoms with Crippen LogP contribution >= 0.6 is 12.4 Å². The molecule has 0 saturated carbocycles. The molecule has 2 rings (SSSR count). The summed E-state index contributed by atoms with van der Waals surface area (Å²) in [6.07, 6.45) is 3.94. The monoisotopic (exact) mass is 262 g/mol. The van der Waals surface area contributed by atoms with Crippen molar-refractivity contribution in [3.05, 3.63) is 0 Å². The zero-order valence-electron chi connectivity index (χ0n) is 10.5. The van der Waals surface area contributed by atoms with Crippen LogP contribution in [-0.2, 0) is 9.53 Å². The van der Waals surface area contributed by atoms with E-state index in [-0.39, 0.29) is 18.3 Å². The number of rotatable bonds is 4. The zero-order chi connectivity index (χ0) is 11.4. The molecule has 0 aliphatic carbocycles. The van der Waals surface area contributed by atoms with Gasteiger partial charge in [0, 0.05) is 20.1 Å². The first-order chi connectivity index (χ1) is 7.77. The number of nitrogens with zero attached hydrogens (tertiary/aromatic N) is 1. The summed E-state index contributed by atoms with van der Waals surface area (Å²) in [7, 11) is 1.91. The van der Waals surface area contributed by atoms with Crippen LogP contribution in [0.3, 0.4) is 0 Å². The third kappa shape index (κ3) is 4.12. The fourth-order valence-electron chi connectivity index (χ4n) is 2.50. The maximum Gasteiger partial charge on any atom is 0.222 e. The molecule has 5 heteroatoms. The Hall–Kier alpha value is -0.320. The molecule has 2 atom stereocenters. The van der Waals surface area contributed by atoms with Crippen molar-refractivity contribution in [1.82, 2.24) is 10.2 Å². The Balaban J connectivity index is 0.00000144. The molecule has 2 aliphatic rings. The first kappa shape index (κ1) is 14.7. The van der Waals surface area contributed by atoms with Crippen molar-refractivity contribution in [2.45, 2.75) is 31.7 Å². The number of halogens is 1. The third-order valence-corrected chi connectivity index (χ3v) is 3.78. The third-order valence-electron chi connectivity index (χ3n) is 3.78. The average Bonchev–Trinajstić information content (AvgIpc) is 2.96. The number of amides is 1. The second kappa shape index (κ2) is 7.19. The number of ether oxygens (including phenoxy) is 1. The van der Waals surface area contributed by atoms with E-state index in [0.717, 1.165) is 32.5 Å².